The number of hydrazone groups is 1. The van der Waals surface area contributed by atoms with Crippen molar-refractivity contribution in [2.75, 3.05) is 5.43 Å². The van der Waals surface area contributed by atoms with Crippen molar-refractivity contribution in [2.45, 2.75) is 19.5 Å². The zero-order valence-corrected chi connectivity index (χ0v) is 14.0. The van der Waals surface area contributed by atoms with Crippen LogP contribution in [0.5, 0.6) is 0 Å². The number of aromatic nitrogens is 1. The number of halogens is 3. The number of alkyl halides is 3. The van der Waals surface area contributed by atoms with E-state index in [-0.39, 0.29) is 17.3 Å². The number of anilines is 1. The molecule has 9 heteroatoms. The molecule has 0 aliphatic rings. The maximum atomic E-state index is 12.8. The van der Waals surface area contributed by atoms with Crippen LogP contribution in [-0.2, 0) is 12.6 Å². The normalized spacial score (nSPS) is 11.7. The highest BCUT2D eigenvalue weighted by atomic mass is 19.4. The van der Waals surface area contributed by atoms with E-state index in [0.717, 1.165) is 12.1 Å². The zero-order valence-electron chi connectivity index (χ0n) is 14.0. The molecule has 6 nitrogen and oxygen atoms in total. The van der Waals surface area contributed by atoms with Gasteiger partial charge in [-0.3, -0.25) is 0 Å². The van der Waals surface area contributed by atoms with Crippen LogP contribution >= 0.6 is 0 Å². The molecule has 2 aromatic heterocycles. The Morgan fingerprint density at radius 1 is 1.26 bits per heavy atom. The molecule has 1 aromatic carbocycles. The molecule has 0 amide bonds. The summed E-state index contributed by atoms with van der Waals surface area (Å²) in [4.78, 5) is 3.97. The second-order valence-electron chi connectivity index (χ2n) is 5.40. The van der Waals surface area contributed by atoms with Gasteiger partial charge < -0.3 is 8.83 Å². The minimum Gasteiger partial charge on any atom is -0.455 e. The number of nitrogens with one attached hydrogen (secondary N) is 1. The van der Waals surface area contributed by atoms with Gasteiger partial charge >= 0.3 is 6.18 Å². The molecule has 27 heavy (non-hydrogen) atoms. The fourth-order valence-corrected chi connectivity index (χ4v) is 2.25. The number of hydrogen-bond donors (Lipinski definition) is 1. The first kappa shape index (κ1) is 18.3. The van der Waals surface area contributed by atoms with E-state index in [9.17, 15) is 13.2 Å². The van der Waals surface area contributed by atoms with Crippen molar-refractivity contribution in [2.24, 2.45) is 5.10 Å². The molecule has 3 rings (SSSR count). The number of rotatable bonds is 5. The first-order valence-corrected chi connectivity index (χ1v) is 7.87. The van der Waals surface area contributed by atoms with Crippen molar-refractivity contribution in [1.82, 2.24) is 4.98 Å². The summed E-state index contributed by atoms with van der Waals surface area (Å²) in [6.45, 7) is 1.83. The quantitative estimate of drug-likeness (QED) is 0.510. The third-order valence-electron chi connectivity index (χ3n) is 3.54. The monoisotopic (exact) mass is 374 g/mol. The Hall–Kier alpha value is -3.54. The molecule has 0 unspecified atom stereocenters. The average molecular weight is 374 g/mol. The first-order chi connectivity index (χ1) is 12.9. The van der Waals surface area contributed by atoms with E-state index in [4.69, 9.17) is 14.1 Å². The Balaban J connectivity index is 1.74. The fourth-order valence-electron chi connectivity index (χ4n) is 2.25. The molecule has 0 spiro atoms. The Labute approximate surface area is 151 Å². The smallest absolute Gasteiger partial charge is 0.416 e. The van der Waals surface area contributed by atoms with Crippen molar-refractivity contribution in [3.05, 3.63) is 59.3 Å². The molecule has 3 aromatic rings. The summed E-state index contributed by atoms with van der Waals surface area (Å²) >= 11 is 0. The number of nitriles is 1. The summed E-state index contributed by atoms with van der Waals surface area (Å²) < 4.78 is 49.2. The van der Waals surface area contributed by atoms with E-state index in [0.29, 0.717) is 23.6 Å². The Morgan fingerprint density at radius 2 is 2.07 bits per heavy atom. The van der Waals surface area contributed by atoms with Gasteiger partial charge in [0.05, 0.1) is 11.8 Å². The van der Waals surface area contributed by atoms with Gasteiger partial charge in [0, 0.05) is 12.0 Å². The van der Waals surface area contributed by atoms with Crippen molar-refractivity contribution in [3.63, 3.8) is 0 Å². The molecule has 0 bridgehead atoms. The standard InChI is InChI=1S/C18H13F3N4O2/c1-2-16-24-14(9-22)17(27-16)25-23-10-13-6-7-15(26-13)11-4-3-5-12(8-11)18(19,20)21/h3-8,10,25H,2H2,1H3. The predicted octanol–water partition coefficient (Wildman–Crippen LogP) is 4.83. The number of aryl methyl sites for hydroxylation is 1. The van der Waals surface area contributed by atoms with Crippen LogP contribution in [0.3, 0.4) is 0 Å². The molecule has 138 valence electrons. The van der Waals surface area contributed by atoms with Gasteiger partial charge in [0.1, 0.15) is 17.6 Å². The van der Waals surface area contributed by atoms with Crippen LogP contribution in [0.2, 0.25) is 0 Å². The van der Waals surface area contributed by atoms with Crippen LogP contribution < -0.4 is 5.43 Å². The number of hydrogen-bond acceptors (Lipinski definition) is 6. The minimum atomic E-state index is -4.43. The van der Waals surface area contributed by atoms with E-state index in [2.05, 4.69) is 15.5 Å². The first-order valence-electron chi connectivity index (χ1n) is 7.87. The Morgan fingerprint density at radius 3 is 2.78 bits per heavy atom. The molecule has 2 heterocycles. The second kappa shape index (κ2) is 7.37. The molecular formula is C18H13F3N4O2. The predicted molar refractivity (Wildman–Crippen MR) is 91.0 cm³/mol. The van der Waals surface area contributed by atoms with Crippen LogP contribution in [0, 0.1) is 11.3 Å². The van der Waals surface area contributed by atoms with Crippen molar-refractivity contribution in [1.29, 1.82) is 5.26 Å². The lowest BCUT2D eigenvalue weighted by Gasteiger charge is -2.07. The summed E-state index contributed by atoms with van der Waals surface area (Å²) in [5.74, 6) is 1.08. The summed E-state index contributed by atoms with van der Waals surface area (Å²) in [6, 6.07) is 9.83. The molecule has 0 saturated heterocycles. The van der Waals surface area contributed by atoms with Gasteiger partial charge in [0.25, 0.3) is 5.88 Å². The SMILES string of the molecule is CCc1nc(C#N)c(NN=Cc2ccc(-c3cccc(C(F)(F)F)c3)o2)o1. The highest BCUT2D eigenvalue weighted by Gasteiger charge is 2.30. The molecule has 0 radical (unpaired) electrons. The van der Waals surface area contributed by atoms with Crippen LogP contribution in [-0.4, -0.2) is 11.2 Å². The molecule has 0 saturated carbocycles. The maximum absolute atomic E-state index is 12.8. The third-order valence-corrected chi connectivity index (χ3v) is 3.54. The fraction of sp³-hybridized carbons (Fsp3) is 0.167. The number of furan rings is 1. The molecule has 0 atom stereocenters. The van der Waals surface area contributed by atoms with E-state index in [1.807, 2.05) is 13.0 Å². The summed E-state index contributed by atoms with van der Waals surface area (Å²) in [7, 11) is 0. The maximum Gasteiger partial charge on any atom is 0.416 e. The van der Waals surface area contributed by atoms with Gasteiger partial charge in [-0.1, -0.05) is 19.1 Å². The Kier molecular flexibility index (Phi) is 4.98. The Bertz CT molecular complexity index is 1010. The number of oxazole rings is 1. The number of nitrogens with zero attached hydrogens (tertiary/aromatic N) is 3. The lowest BCUT2D eigenvalue weighted by Crippen LogP contribution is -2.04. The van der Waals surface area contributed by atoms with Crippen LogP contribution in [0.15, 0.2) is 50.3 Å². The highest BCUT2D eigenvalue weighted by Crippen LogP contribution is 2.32. The zero-order chi connectivity index (χ0) is 19.4. The van der Waals surface area contributed by atoms with E-state index in [1.54, 1.807) is 12.1 Å². The van der Waals surface area contributed by atoms with Gasteiger partial charge in [-0.05, 0) is 24.3 Å². The van der Waals surface area contributed by atoms with Crippen LogP contribution in [0.25, 0.3) is 11.3 Å². The third kappa shape index (κ3) is 4.17. The van der Waals surface area contributed by atoms with E-state index in [1.165, 1.54) is 18.3 Å². The summed E-state index contributed by atoms with van der Waals surface area (Å²) in [6.07, 6.45) is -2.59. The van der Waals surface area contributed by atoms with Crippen LogP contribution in [0.1, 0.15) is 29.8 Å². The largest absolute Gasteiger partial charge is 0.455 e. The lowest BCUT2D eigenvalue weighted by molar-refractivity contribution is -0.137. The van der Waals surface area contributed by atoms with Gasteiger partial charge in [-0.15, -0.1) is 0 Å². The van der Waals surface area contributed by atoms with Gasteiger partial charge in [0.2, 0.25) is 5.69 Å². The van der Waals surface area contributed by atoms with Crippen molar-refractivity contribution in [3.8, 4) is 17.4 Å². The molecule has 0 aliphatic heterocycles. The van der Waals surface area contributed by atoms with Gasteiger partial charge in [0.15, 0.2) is 5.89 Å². The van der Waals surface area contributed by atoms with E-state index >= 15 is 0 Å². The second-order valence-corrected chi connectivity index (χ2v) is 5.40. The molecule has 0 fully saturated rings. The lowest BCUT2D eigenvalue weighted by atomic mass is 10.1. The average Bonchev–Trinajstić information content (AvgIpc) is 3.28. The van der Waals surface area contributed by atoms with E-state index < -0.39 is 11.7 Å². The minimum absolute atomic E-state index is 0.0769. The number of benzene rings is 1. The van der Waals surface area contributed by atoms with Gasteiger partial charge in [-0.2, -0.15) is 23.5 Å². The molecular weight excluding hydrogens is 361 g/mol. The topological polar surface area (TPSA) is 87.4 Å². The molecule has 1 N–H and O–H groups in total. The van der Waals surface area contributed by atoms with Crippen molar-refractivity contribution >= 4 is 12.1 Å². The highest BCUT2D eigenvalue weighted by molar-refractivity contribution is 5.78. The molecule has 0 aliphatic carbocycles. The summed E-state index contributed by atoms with van der Waals surface area (Å²) in [5, 5.41) is 12.9. The van der Waals surface area contributed by atoms with Crippen LogP contribution in [0.4, 0.5) is 19.1 Å². The summed E-state index contributed by atoms with van der Waals surface area (Å²) in [5.41, 5.74) is 2.17. The van der Waals surface area contributed by atoms with Gasteiger partial charge in [-0.25, -0.2) is 10.4 Å². The van der Waals surface area contributed by atoms with Crippen molar-refractivity contribution < 1.29 is 22.0 Å².